The second kappa shape index (κ2) is 5.61. The molecule has 0 aliphatic carbocycles. The predicted octanol–water partition coefficient (Wildman–Crippen LogP) is 2.76. The number of hydrogen-bond acceptors (Lipinski definition) is 6. The van der Waals surface area contributed by atoms with Crippen LogP contribution in [0.15, 0.2) is 26.3 Å². The highest BCUT2D eigenvalue weighted by Gasteiger charge is 2.20. The summed E-state index contributed by atoms with van der Waals surface area (Å²) in [7, 11) is -2.38. The Balaban J connectivity index is 2.35. The molecule has 10 heteroatoms. The highest BCUT2D eigenvalue weighted by atomic mass is 79.9. The van der Waals surface area contributed by atoms with Crippen LogP contribution in [0.5, 0.6) is 5.88 Å². The Morgan fingerprint density at radius 2 is 2.21 bits per heavy atom. The molecule has 0 bridgehead atoms. The third-order valence-corrected chi connectivity index (χ3v) is 5.59. The van der Waals surface area contributed by atoms with E-state index in [1.807, 2.05) is 0 Å². The SMILES string of the molecule is COc1nc(Cl)cnc1NS(=O)(=O)c1ccc(Br)s1. The van der Waals surface area contributed by atoms with Gasteiger partial charge in [0.05, 0.1) is 17.1 Å². The summed E-state index contributed by atoms with van der Waals surface area (Å²) < 4.78 is 32.3. The van der Waals surface area contributed by atoms with Crippen LogP contribution in [0.3, 0.4) is 0 Å². The van der Waals surface area contributed by atoms with E-state index in [1.165, 1.54) is 19.4 Å². The minimum Gasteiger partial charge on any atom is -0.478 e. The molecule has 0 aliphatic rings. The lowest BCUT2D eigenvalue weighted by Crippen LogP contribution is -2.14. The molecule has 2 rings (SSSR count). The lowest BCUT2D eigenvalue weighted by atomic mass is 10.6. The van der Waals surface area contributed by atoms with Crippen molar-refractivity contribution >= 4 is 54.7 Å². The van der Waals surface area contributed by atoms with Gasteiger partial charge in [0.15, 0.2) is 5.15 Å². The Bertz CT molecular complexity index is 704. The summed E-state index contributed by atoms with van der Waals surface area (Å²) in [6, 6.07) is 3.12. The fraction of sp³-hybridized carbons (Fsp3) is 0.111. The maximum absolute atomic E-state index is 12.1. The summed E-state index contributed by atoms with van der Waals surface area (Å²) in [5.74, 6) is -0.0110. The first-order chi connectivity index (χ1) is 8.92. The van der Waals surface area contributed by atoms with E-state index in [9.17, 15) is 8.42 Å². The molecule has 0 aromatic carbocycles. The summed E-state index contributed by atoms with van der Waals surface area (Å²) in [4.78, 5) is 7.67. The lowest BCUT2D eigenvalue weighted by molar-refractivity contribution is 0.398. The number of nitrogens with one attached hydrogen (secondary N) is 1. The standard InChI is InChI=1S/C9H7BrClN3O3S2/c1-17-9-8(12-4-6(11)13-9)14-19(15,16)7-3-2-5(10)18-7/h2-4H,1H3,(H,12,14). The van der Waals surface area contributed by atoms with Crippen LogP contribution in [-0.4, -0.2) is 25.5 Å². The topological polar surface area (TPSA) is 81.2 Å². The smallest absolute Gasteiger partial charge is 0.272 e. The molecule has 2 aromatic heterocycles. The Kier molecular flexibility index (Phi) is 4.29. The molecule has 6 nitrogen and oxygen atoms in total. The minimum absolute atomic E-state index is 0.00620. The van der Waals surface area contributed by atoms with Crippen LogP contribution in [0.1, 0.15) is 0 Å². The largest absolute Gasteiger partial charge is 0.478 e. The van der Waals surface area contributed by atoms with Crippen molar-refractivity contribution in [3.05, 3.63) is 27.3 Å². The van der Waals surface area contributed by atoms with Crippen molar-refractivity contribution in [2.45, 2.75) is 4.21 Å². The zero-order valence-electron chi connectivity index (χ0n) is 9.42. The quantitative estimate of drug-likeness (QED) is 0.876. The van der Waals surface area contributed by atoms with Gasteiger partial charge < -0.3 is 4.74 Å². The number of nitrogens with zero attached hydrogens (tertiary/aromatic N) is 2. The zero-order chi connectivity index (χ0) is 14.0. The molecule has 0 atom stereocenters. The van der Waals surface area contributed by atoms with Gasteiger partial charge in [0, 0.05) is 0 Å². The fourth-order valence-electron chi connectivity index (χ4n) is 1.18. The van der Waals surface area contributed by atoms with Gasteiger partial charge in [0.25, 0.3) is 15.9 Å². The zero-order valence-corrected chi connectivity index (χ0v) is 13.4. The number of sulfonamides is 1. The summed E-state index contributed by atoms with van der Waals surface area (Å²) in [5, 5.41) is 0.110. The van der Waals surface area contributed by atoms with E-state index in [0.29, 0.717) is 3.79 Å². The van der Waals surface area contributed by atoms with Gasteiger partial charge in [-0.1, -0.05) is 11.6 Å². The Morgan fingerprint density at radius 1 is 1.47 bits per heavy atom. The fourth-order valence-corrected chi connectivity index (χ4v) is 4.33. The van der Waals surface area contributed by atoms with Crippen LogP contribution in [-0.2, 0) is 10.0 Å². The van der Waals surface area contributed by atoms with Crippen LogP contribution in [0.25, 0.3) is 0 Å². The average molecular weight is 385 g/mol. The summed E-state index contributed by atoms with van der Waals surface area (Å²) in [6.07, 6.45) is 1.23. The first-order valence-corrected chi connectivity index (χ1v) is 8.24. The van der Waals surface area contributed by atoms with E-state index in [-0.39, 0.29) is 21.1 Å². The maximum Gasteiger partial charge on any atom is 0.272 e. The van der Waals surface area contributed by atoms with Crippen molar-refractivity contribution < 1.29 is 13.2 Å². The number of methoxy groups -OCH3 is 1. The second-order valence-corrected chi connectivity index (χ2v) is 7.97. The maximum atomic E-state index is 12.1. The number of rotatable bonds is 4. The molecule has 0 fully saturated rings. The predicted molar refractivity (Wildman–Crippen MR) is 76.4 cm³/mol. The minimum atomic E-state index is -3.73. The Morgan fingerprint density at radius 3 is 2.79 bits per heavy atom. The molecule has 19 heavy (non-hydrogen) atoms. The first-order valence-electron chi connectivity index (χ1n) is 4.77. The van der Waals surface area contributed by atoms with E-state index in [0.717, 1.165) is 11.3 Å². The van der Waals surface area contributed by atoms with Gasteiger partial charge in [-0.05, 0) is 28.1 Å². The van der Waals surface area contributed by atoms with Crippen LogP contribution in [0.4, 0.5) is 5.82 Å². The van der Waals surface area contributed by atoms with Gasteiger partial charge in [-0.15, -0.1) is 11.3 Å². The van der Waals surface area contributed by atoms with E-state index in [2.05, 4.69) is 30.6 Å². The molecule has 102 valence electrons. The summed E-state index contributed by atoms with van der Waals surface area (Å²) in [6.45, 7) is 0. The number of anilines is 1. The van der Waals surface area contributed by atoms with Gasteiger partial charge in [0.1, 0.15) is 4.21 Å². The van der Waals surface area contributed by atoms with E-state index in [4.69, 9.17) is 16.3 Å². The van der Waals surface area contributed by atoms with Crippen LogP contribution in [0.2, 0.25) is 5.15 Å². The van der Waals surface area contributed by atoms with Crippen molar-refractivity contribution in [3.63, 3.8) is 0 Å². The molecule has 2 aromatic rings. The second-order valence-electron chi connectivity index (χ2n) is 3.21. The molecule has 0 spiro atoms. The molecule has 0 unspecified atom stereocenters. The van der Waals surface area contributed by atoms with Gasteiger partial charge in [0.2, 0.25) is 5.82 Å². The monoisotopic (exact) mass is 383 g/mol. The molecule has 0 saturated carbocycles. The van der Waals surface area contributed by atoms with Crippen molar-refractivity contribution in [2.24, 2.45) is 0 Å². The van der Waals surface area contributed by atoms with Crippen molar-refractivity contribution in [3.8, 4) is 5.88 Å². The van der Waals surface area contributed by atoms with Crippen molar-refractivity contribution in [1.82, 2.24) is 9.97 Å². The summed E-state index contributed by atoms with van der Waals surface area (Å²) in [5.41, 5.74) is 0. The van der Waals surface area contributed by atoms with E-state index >= 15 is 0 Å². The highest BCUT2D eigenvalue weighted by molar-refractivity contribution is 9.11. The van der Waals surface area contributed by atoms with E-state index < -0.39 is 10.0 Å². The third kappa shape index (κ3) is 3.35. The number of hydrogen-bond donors (Lipinski definition) is 1. The number of halogens is 2. The van der Waals surface area contributed by atoms with Crippen LogP contribution < -0.4 is 9.46 Å². The van der Waals surface area contributed by atoms with Gasteiger partial charge in [-0.2, -0.15) is 4.98 Å². The van der Waals surface area contributed by atoms with Crippen LogP contribution >= 0.6 is 38.9 Å². The molecule has 0 radical (unpaired) electrons. The lowest BCUT2D eigenvalue weighted by Gasteiger charge is -2.08. The van der Waals surface area contributed by atoms with Gasteiger partial charge in [-0.3, -0.25) is 4.72 Å². The van der Waals surface area contributed by atoms with E-state index in [1.54, 1.807) is 6.07 Å². The molecule has 0 amide bonds. The summed E-state index contributed by atoms with van der Waals surface area (Å²) >= 11 is 9.94. The molecule has 1 N–H and O–H groups in total. The molecule has 0 saturated heterocycles. The normalized spacial score (nSPS) is 11.3. The Labute approximate surface area is 127 Å². The van der Waals surface area contributed by atoms with Crippen LogP contribution in [0, 0.1) is 0 Å². The number of aromatic nitrogens is 2. The van der Waals surface area contributed by atoms with Gasteiger partial charge >= 0.3 is 0 Å². The average Bonchev–Trinajstić information content (AvgIpc) is 2.79. The van der Waals surface area contributed by atoms with Crippen molar-refractivity contribution in [2.75, 3.05) is 11.8 Å². The van der Waals surface area contributed by atoms with Crippen molar-refractivity contribution in [1.29, 1.82) is 0 Å². The molecule has 2 heterocycles. The Hall–Kier alpha value is -0.900. The van der Waals surface area contributed by atoms with Gasteiger partial charge in [-0.25, -0.2) is 13.4 Å². The molecular weight excluding hydrogens is 378 g/mol. The first kappa shape index (κ1) is 14.5. The number of thiophene rings is 1. The third-order valence-electron chi connectivity index (χ3n) is 1.95. The molecular formula is C9H7BrClN3O3S2. The highest BCUT2D eigenvalue weighted by Crippen LogP contribution is 2.29. The molecule has 0 aliphatic heterocycles. The number of ether oxygens (including phenoxy) is 1.